The van der Waals surface area contributed by atoms with Gasteiger partial charge in [-0.3, -0.25) is 10.1 Å². The number of aryl methyl sites for hydroxylation is 1. The first-order chi connectivity index (χ1) is 9.99. The van der Waals surface area contributed by atoms with E-state index in [1.165, 1.54) is 25.3 Å². The number of ether oxygens (including phenoxy) is 2. The fourth-order valence-electron chi connectivity index (χ4n) is 1.66. The lowest BCUT2D eigenvalue weighted by molar-refractivity contribution is -0.384. The minimum atomic E-state index is -0.489. The van der Waals surface area contributed by atoms with Gasteiger partial charge in [0.25, 0.3) is 5.69 Å². The highest BCUT2D eigenvalue weighted by Crippen LogP contribution is 2.28. The molecular formula is C13H14N4O4. The predicted molar refractivity (Wildman–Crippen MR) is 75.1 cm³/mol. The summed E-state index contributed by atoms with van der Waals surface area (Å²) >= 11 is 0. The van der Waals surface area contributed by atoms with Crippen molar-refractivity contribution < 1.29 is 14.4 Å². The molecule has 8 nitrogen and oxygen atoms in total. The first-order valence-corrected chi connectivity index (χ1v) is 6.05. The average Bonchev–Trinajstić information content (AvgIpc) is 2.40. The Balaban J connectivity index is 2.33. The summed E-state index contributed by atoms with van der Waals surface area (Å²) in [6.45, 7) is 1.97. The molecule has 1 heterocycles. The smallest absolute Gasteiger partial charge is 0.273 e. The zero-order chi connectivity index (χ0) is 15.4. The molecule has 0 aliphatic heterocycles. The molecule has 0 amide bonds. The molecular weight excluding hydrogens is 276 g/mol. The summed E-state index contributed by atoms with van der Waals surface area (Å²) in [5.74, 6) is 1.15. The van der Waals surface area contributed by atoms with Crippen LogP contribution in [-0.4, -0.2) is 22.0 Å². The molecule has 0 fully saturated rings. The number of nitro benzene ring substituents is 1. The van der Waals surface area contributed by atoms with Gasteiger partial charge in [-0.15, -0.1) is 0 Å². The van der Waals surface area contributed by atoms with Gasteiger partial charge in [0, 0.05) is 19.2 Å². The molecule has 0 atom stereocenters. The Bertz CT molecular complexity index is 675. The van der Waals surface area contributed by atoms with Crippen molar-refractivity contribution in [3.8, 4) is 11.6 Å². The number of benzene rings is 1. The van der Waals surface area contributed by atoms with Gasteiger partial charge in [0.2, 0.25) is 5.88 Å². The van der Waals surface area contributed by atoms with Crippen LogP contribution in [0, 0.1) is 17.0 Å². The Morgan fingerprint density at radius 2 is 2.10 bits per heavy atom. The zero-order valence-electron chi connectivity index (χ0n) is 11.6. The molecule has 110 valence electrons. The second-order valence-corrected chi connectivity index (χ2v) is 4.29. The van der Waals surface area contributed by atoms with E-state index in [0.29, 0.717) is 11.6 Å². The molecule has 1 aromatic heterocycles. The molecule has 0 saturated heterocycles. The van der Waals surface area contributed by atoms with Crippen molar-refractivity contribution in [3.05, 3.63) is 45.8 Å². The van der Waals surface area contributed by atoms with Crippen LogP contribution in [0.1, 0.15) is 11.4 Å². The number of hydrogen-bond donors (Lipinski definition) is 1. The number of hydrogen-bond acceptors (Lipinski definition) is 7. The van der Waals surface area contributed by atoms with Crippen LogP contribution in [0.3, 0.4) is 0 Å². The van der Waals surface area contributed by atoms with Crippen molar-refractivity contribution in [1.82, 2.24) is 9.97 Å². The van der Waals surface area contributed by atoms with E-state index in [2.05, 4.69) is 9.97 Å². The summed E-state index contributed by atoms with van der Waals surface area (Å²) in [5, 5.41) is 10.8. The Kier molecular flexibility index (Phi) is 4.29. The van der Waals surface area contributed by atoms with Gasteiger partial charge in [0.05, 0.1) is 11.0 Å². The van der Waals surface area contributed by atoms with Crippen molar-refractivity contribution in [3.63, 3.8) is 0 Å². The lowest BCUT2D eigenvalue weighted by Gasteiger charge is -2.09. The van der Waals surface area contributed by atoms with E-state index in [1.54, 1.807) is 13.0 Å². The van der Waals surface area contributed by atoms with Gasteiger partial charge in [-0.05, 0) is 18.6 Å². The number of anilines is 1. The molecule has 0 radical (unpaired) electrons. The molecule has 8 heteroatoms. The van der Waals surface area contributed by atoms with Crippen LogP contribution in [0.25, 0.3) is 0 Å². The van der Waals surface area contributed by atoms with E-state index in [0.717, 1.165) is 5.56 Å². The highest BCUT2D eigenvalue weighted by Gasteiger charge is 2.12. The molecule has 21 heavy (non-hydrogen) atoms. The largest absolute Gasteiger partial charge is 0.438 e. The number of nitro groups is 1. The predicted octanol–water partition coefficient (Wildman–Crippen LogP) is 2.21. The second-order valence-electron chi connectivity index (χ2n) is 4.29. The highest BCUT2D eigenvalue weighted by atomic mass is 16.6. The second kappa shape index (κ2) is 6.14. The maximum atomic E-state index is 10.8. The van der Waals surface area contributed by atoms with Gasteiger partial charge < -0.3 is 15.2 Å². The standard InChI is InChI=1S/C13H14N4O4/c1-8-3-4-9(17(18)19)5-10(8)21-13-6-11(14)15-12(16-13)7-20-2/h3-6H,7H2,1-2H3,(H2,14,15,16). The number of non-ortho nitro benzene ring substituents is 1. The SMILES string of the molecule is COCc1nc(N)cc(Oc2cc([N+](=O)[O-])ccc2C)n1. The Labute approximate surface area is 120 Å². The molecule has 0 aliphatic carbocycles. The van der Waals surface area contributed by atoms with E-state index < -0.39 is 4.92 Å². The van der Waals surface area contributed by atoms with Gasteiger partial charge in [-0.2, -0.15) is 4.98 Å². The van der Waals surface area contributed by atoms with E-state index in [4.69, 9.17) is 15.2 Å². The van der Waals surface area contributed by atoms with Crippen LogP contribution in [0.4, 0.5) is 11.5 Å². The fourth-order valence-corrected chi connectivity index (χ4v) is 1.66. The van der Waals surface area contributed by atoms with Crippen LogP contribution in [-0.2, 0) is 11.3 Å². The third-order valence-electron chi connectivity index (χ3n) is 2.64. The first-order valence-electron chi connectivity index (χ1n) is 6.05. The van der Waals surface area contributed by atoms with E-state index in [1.807, 2.05) is 0 Å². The lowest BCUT2D eigenvalue weighted by Crippen LogP contribution is -2.03. The first kappa shape index (κ1) is 14.7. The minimum absolute atomic E-state index is 0.0604. The molecule has 0 bridgehead atoms. The van der Waals surface area contributed by atoms with Crippen LogP contribution >= 0.6 is 0 Å². The maximum absolute atomic E-state index is 10.8. The Hall–Kier alpha value is -2.74. The molecule has 2 aromatic rings. The number of nitrogens with zero attached hydrogens (tertiary/aromatic N) is 3. The van der Waals surface area contributed by atoms with Crippen molar-refractivity contribution >= 4 is 11.5 Å². The maximum Gasteiger partial charge on any atom is 0.273 e. The summed E-state index contributed by atoms with van der Waals surface area (Å²) in [5.41, 5.74) is 6.35. The average molecular weight is 290 g/mol. The van der Waals surface area contributed by atoms with Gasteiger partial charge in [-0.1, -0.05) is 0 Å². The molecule has 0 spiro atoms. The number of nitrogens with two attached hydrogens (primary N) is 1. The van der Waals surface area contributed by atoms with E-state index >= 15 is 0 Å². The van der Waals surface area contributed by atoms with Gasteiger partial charge >= 0.3 is 0 Å². The topological polar surface area (TPSA) is 113 Å². The summed E-state index contributed by atoms with van der Waals surface area (Å²) < 4.78 is 10.5. The van der Waals surface area contributed by atoms with Crippen molar-refractivity contribution in [2.45, 2.75) is 13.5 Å². The van der Waals surface area contributed by atoms with Crippen LogP contribution < -0.4 is 10.5 Å². The quantitative estimate of drug-likeness (QED) is 0.663. The summed E-state index contributed by atoms with van der Waals surface area (Å²) in [4.78, 5) is 18.4. The molecule has 0 saturated carbocycles. The Morgan fingerprint density at radius 1 is 1.33 bits per heavy atom. The number of nitrogen functional groups attached to an aromatic ring is 1. The number of rotatable bonds is 5. The minimum Gasteiger partial charge on any atom is -0.438 e. The third kappa shape index (κ3) is 3.63. The van der Waals surface area contributed by atoms with Gasteiger partial charge in [-0.25, -0.2) is 4.98 Å². The normalized spacial score (nSPS) is 10.4. The van der Waals surface area contributed by atoms with Crippen molar-refractivity contribution in [2.24, 2.45) is 0 Å². The Morgan fingerprint density at radius 3 is 2.76 bits per heavy atom. The summed E-state index contributed by atoms with van der Waals surface area (Å²) in [6.07, 6.45) is 0. The van der Waals surface area contributed by atoms with Crippen molar-refractivity contribution in [1.29, 1.82) is 0 Å². The number of aromatic nitrogens is 2. The lowest BCUT2D eigenvalue weighted by atomic mass is 10.2. The molecule has 2 N–H and O–H groups in total. The van der Waals surface area contributed by atoms with Crippen LogP contribution in [0.5, 0.6) is 11.6 Å². The zero-order valence-corrected chi connectivity index (χ0v) is 11.6. The molecule has 0 aliphatic rings. The highest BCUT2D eigenvalue weighted by molar-refractivity contribution is 5.45. The van der Waals surface area contributed by atoms with E-state index in [-0.39, 0.29) is 24.0 Å². The summed E-state index contributed by atoms with van der Waals surface area (Å²) in [6, 6.07) is 5.79. The monoisotopic (exact) mass is 290 g/mol. The number of methoxy groups -OCH3 is 1. The fraction of sp³-hybridized carbons (Fsp3) is 0.231. The van der Waals surface area contributed by atoms with Gasteiger partial charge in [0.15, 0.2) is 5.82 Å². The molecule has 2 rings (SSSR count). The van der Waals surface area contributed by atoms with Gasteiger partial charge in [0.1, 0.15) is 18.2 Å². The molecule has 0 unspecified atom stereocenters. The van der Waals surface area contributed by atoms with Crippen LogP contribution in [0.15, 0.2) is 24.3 Å². The summed E-state index contributed by atoms with van der Waals surface area (Å²) in [7, 11) is 1.51. The van der Waals surface area contributed by atoms with Crippen molar-refractivity contribution in [2.75, 3.05) is 12.8 Å². The third-order valence-corrected chi connectivity index (χ3v) is 2.64. The van der Waals surface area contributed by atoms with E-state index in [9.17, 15) is 10.1 Å². The molecule has 1 aromatic carbocycles. The van der Waals surface area contributed by atoms with Crippen LogP contribution in [0.2, 0.25) is 0 Å².